The molecule has 0 heterocycles. The van der Waals surface area contributed by atoms with E-state index >= 15 is 0 Å². The largest absolute Gasteiger partial charge is 0.482 e. The monoisotopic (exact) mass is 538 g/mol. The Balaban J connectivity index is 1.63. The molecule has 1 aliphatic carbocycles. The van der Waals surface area contributed by atoms with Crippen LogP contribution >= 0.6 is 23.2 Å². The minimum Gasteiger partial charge on any atom is -0.482 e. The average molecular weight is 540 g/mol. The van der Waals surface area contributed by atoms with Crippen LogP contribution in [0, 0.1) is 6.92 Å². The zero-order valence-electron chi connectivity index (χ0n) is 21.0. The van der Waals surface area contributed by atoms with Gasteiger partial charge in [0.25, 0.3) is 5.91 Å². The van der Waals surface area contributed by atoms with Gasteiger partial charge in [0.2, 0.25) is 5.91 Å². The average Bonchev–Trinajstić information content (AvgIpc) is 3.40. The van der Waals surface area contributed by atoms with Gasteiger partial charge in [0.1, 0.15) is 11.8 Å². The SMILES string of the molecule is Cc1ccccc1CN(C(=O)COc1ccc(Cl)cc1Cl)[C@H](Cc1ccccc1)C(=O)NC1CCCC1. The molecule has 0 bridgehead atoms. The van der Waals surface area contributed by atoms with Crippen molar-refractivity contribution in [3.8, 4) is 5.75 Å². The van der Waals surface area contributed by atoms with Crippen LogP contribution in [0.4, 0.5) is 0 Å². The Morgan fingerprint density at radius 1 is 1.00 bits per heavy atom. The number of nitrogens with one attached hydrogen (secondary N) is 1. The van der Waals surface area contributed by atoms with Gasteiger partial charge in [-0.25, -0.2) is 0 Å². The molecule has 1 saturated carbocycles. The Morgan fingerprint density at radius 3 is 2.41 bits per heavy atom. The first kappa shape index (κ1) is 27.0. The lowest BCUT2D eigenvalue weighted by molar-refractivity contribution is -0.143. The van der Waals surface area contributed by atoms with Crippen LogP contribution in [-0.2, 0) is 22.6 Å². The van der Waals surface area contributed by atoms with Crippen LogP contribution in [0.15, 0.2) is 72.8 Å². The van der Waals surface area contributed by atoms with Crippen molar-refractivity contribution in [2.75, 3.05) is 6.61 Å². The lowest BCUT2D eigenvalue weighted by atomic mass is 10.0. The first-order valence-electron chi connectivity index (χ1n) is 12.7. The second-order valence-corrected chi connectivity index (χ2v) is 10.4. The minimum absolute atomic E-state index is 0.137. The highest BCUT2D eigenvalue weighted by Crippen LogP contribution is 2.28. The Morgan fingerprint density at radius 2 is 1.70 bits per heavy atom. The van der Waals surface area contributed by atoms with Gasteiger partial charge in [-0.2, -0.15) is 0 Å². The zero-order valence-corrected chi connectivity index (χ0v) is 22.5. The van der Waals surface area contributed by atoms with Crippen LogP contribution in [0.25, 0.3) is 0 Å². The molecular weight excluding hydrogens is 507 g/mol. The van der Waals surface area contributed by atoms with Crippen LogP contribution in [0.2, 0.25) is 10.0 Å². The number of benzene rings is 3. The van der Waals surface area contributed by atoms with Crippen molar-refractivity contribution in [2.45, 2.75) is 57.7 Å². The van der Waals surface area contributed by atoms with Crippen LogP contribution in [-0.4, -0.2) is 35.4 Å². The van der Waals surface area contributed by atoms with Crippen molar-refractivity contribution >= 4 is 35.0 Å². The molecule has 0 saturated heterocycles. The number of hydrogen-bond donors (Lipinski definition) is 1. The Kier molecular flexibility index (Phi) is 9.48. The summed E-state index contributed by atoms with van der Waals surface area (Å²) >= 11 is 12.3. The minimum atomic E-state index is -0.695. The Bertz CT molecular complexity index is 1210. The van der Waals surface area contributed by atoms with Crippen molar-refractivity contribution in [2.24, 2.45) is 0 Å². The smallest absolute Gasteiger partial charge is 0.261 e. The number of amides is 2. The fourth-order valence-corrected chi connectivity index (χ4v) is 5.17. The number of halogens is 2. The number of nitrogens with zero attached hydrogens (tertiary/aromatic N) is 1. The highest BCUT2D eigenvalue weighted by atomic mass is 35.5. The third-order valence-corrected chi connectivity index (χ3v) is 7.35. The number of ether oxygens (including phenoxy) is 1. The molecule has 5 nitrogen and oxygen atoms in total. The molecule has 0 aromatic heterocycles. The van der Waals surface area contributed by atoms with Gasteiger partial charge < -0.3 is 15.0 Å². The van der Waals surface area contributed by atoms with Gasteiger partial charge in [-0.15, -0.1) is 0 Å². The molecule has 37 heavy (non-hydrogen) atoms. The highest BCUT2D eigenvalue weighted by Gasteiger charge is 2.32. The first-order valence-corrected chi connectivity index (χ1v) is 13.4. The topological polar surface area (TPSA) is 58.6 Å². The van der Waals surface area contributed by atoms with E-state index in [1.165, 1.54) is 0 Å². The fraction of sp³-hybridized carbons (Fsp3) is 0.333. The van der Waals surface area contributed by atoms with Gasteiger partial charge in [0.15, 0.2) is 6.61 Å². The summed E-state index contributed by atoms with van der Waals surface area (Å²) in [4.78, 5) is 29.1. The predicted molar refractivity (Wildman–Crippen MR) is 148 cm³/mol. The molecule has 194 valence electrons. The van der Waals surface area contributed by atoms with E-state index in [-0.39, 0.29) is 24.5 Å². The molecule has 1 fully saturated rings. The quantitative estimate of drug-likeness (QED) is 0.325. The van der Waals surface area contributed by atoms with Crippen molar-refractivity contribution in [3.05, 3.63) is 99.5 Å². The maximum Gasteiger partial charge on any atom is 0.261 e. The number of aryl methyl sites for hydroxylation is 1. The second-order valence-electron chi connectivity index (χ2n) is 9.51. The lowest BCUT2D eigenvalue weighted by Crippen LogP contribution is -2.53. The summed E-state index contributed by atoms with van der Waals surface area (Å²) in [6.07, 6.45) is 4.55. The standard InChI is InChI=1S/C30H32Cl2N2O3/c1-21-9-5-6-12-23(21)19-34(29(35)20-37-28-16-15-24(31)18-26(28)32)27(17-22-10-3-2-4-11-22)30(36)33-25-13-7-8-14-25/h2-6,9-12,15-16,18,25,27H,7-8,13-14,17,19-20H2,1H3,(H,33,36)/t27-/m1/s1. The van der Waals surface area contributed by atoms with E-state index in [4.69, 9.17) is 27.9 Å². The van der Waals surface area contributed by atoms with E-state index in [1.807, 2.05) is 61.5 Å². The van der Waals surface area contributed by atoms with Gasteiger partial charge in [-0.3, -0.25) is 9.59 Å². The molecule has 7 heteroatoms. The zero-order chi connectivity index (χ0) is 26.2. The molecule has 1 atom stereocenters. The molecule has 0 spiro atoms. The van der Waals surface area contributed by atoms with E-state index < -0.39 is 6.04 Å². The molecule has 0 aliphatic heterocycles. The molecule has 0 radical (unpaired) electrons. The molecule has 1 N–H and O–H groups in total. The normalized spacial score (nSPS) is 14.2. The number of hydrogen-bond acceptors (Lipinski definition) is 3. The molecule has 2 amide bonds. The highest BCUT2D eigenvalue weighted by molar-refractivity contribution is 6.35. The maximum absolute atomic E-state index is 13.7. The van der Waals surface area contributed by atoms with Gasteiger partial charge >= 0.3 is 0 Å². The summed E-state index contributed by atoms with van der Waals surface area (Å²) in [5, 5.41) is 4.02. The van der Waals surface area contributed by atoms with Crippen molar-refractivity contribution in [3.63, 3.8) is 0 Å². The van der Waals surface area contributed by atoms with Crippen molar-refractivity contribution in [1.29, 1.82) is 0 Å². The number of carbonyl (C=O) groups is 2. The van der Waals surface area contributed by atoms with Gasteiger partial charge in [0.05, 0.1) is 5.02 Å². The number of rotatable bonds is 10. The van der Waals surface area contributed by atoms with E-state index in [1.54, 1.807) is 23.1 Å². The summed E-state index contributed by atoms with van der Waals surface area (Å²) in [5.41, 5.74) is 3.02. The fourth-order valence-electron chi connectivity index (χ4n) is 4.71. The van der Waals surface area contributed by atoms with Gasteiger partial charge in [-0.1, -0.05) is 90.6 Å². The second kappa shape index (κ2) is 13.0. The van der Waals surface area contributed by atoms with E-state index in [9.17, 15) is 9.59 Å². The Hall–Kier alpha value is -3.02. The molecule has 1 aliphatic rings. The van der Waals surface area contributed by atoms with E-state index in [2.05, 4.69) is 5.32 Å². The summed E-state index contributed by atoms with van der Waals surface area (Å²) in [6.45, 7) is 2.04. The summed E-state index contributed by atoms with van der Waals surface area (Å²) in [5.74, 6) is -0.0655. The van der Waals surface area contributed by atoms with E-state index in [0.29, 0.717) is 28.8 Å². The summed E-state index contributed by atoms with van der Waals surface area (Å²) in [6, 6.07) is 22.0. The van der Waals surface area contributed by atoms with Gasteiger partial charge in [0, 0.05) is 24.0 Å². The predicted octanol–water partition coefficient (Wildman–Crippen LogP) is 6.38. The molecule has 0 unspecified atom stereocenters. The van der Waals surface area contributed by atoms with Crippen molar-refractivity contribution < 1.29 is 14.3 Å². The molecule has 3 aromatic carbocycles. The van der Waals surface area contributed by atoms with Crippen molar-refractivity contribution in [1.82, 2.24) is 10.2 Å². The third-order valence-electron chi connectivity index (χ3n) is 6.82. The number of carbonyl (C=O) groups excluding carboxylic acids is 2. The van der Waals surface area contributed by atoms with Crippen LogP contribution in [0.5, 0.6) is 5.75 Å². The van der Waals surface area contributed by atoms with Crippen LogP contribution < -0.4 is 10.1 Å². The molecule has 3 aromatic rings. The summed E-state index contributed by atoms with van der Waals surface area (Å²) < 4.78 is 5.80. The lowest BCUT2D eigenvalue weighted by Gasteiger charge is -2.32. The first-order chi connectivity index (χ1) is 17.9. The van der Waals surface area contributed by atoms with Crippen LogP contribution in [0.1, 0.15) is 42.4 Å². The summed E-state index contributed by atoms with van der Waals surface area (Å²) in [7, 11) is 0. The van der Waals surface area contributed by atoms with Gasteiger partial charge in [-0.05, 0) is 54.7 Å². The van der Waals surface area contributed by atoms with E-state index in [0.717, 1.165) is 42.4 Å². The molecular formula is C30H32Cl2N2O3. The third kappa shape index (κ3) is 7.50. The molecule has 4 rings (SSSR count). The Labute approximate surface area is 228 Å². The maximum atomic E-state index is 13.7. The van der Waals surface area contributed by atoms with Crippen LogP contribution in [0.3, 0.4) is 0 Å².